The van der Waals surface area contributed by atoms with E-state index in [2.05, 4.69) is 28.3 Å². The summed E-state index contributed by atoms with van der Waals surface area (Å²) in [7, 11) is 0. The average Bonchev–Trinajstić information content (AvgIpc) is 2.80. The van der Waals surface area contributed by atoms with Crippen molar-refractivity contribution < 1.29 is 5.11 Å². The third-order valence-corrected chi connectivity index (χ3v) is 5.73. The van der Waals surface area contributed by atoms with Gasteiger partial charge in [0, 0.05) is 42.4 Å². The van der Waals surface area contributed by atoms with Gasteiger partial charge in [0.1, 0.15) is 11.6 Å². The van der Waals surface area contributed by atoms with E-state index in [0.717, 1.165) is 61.1 Å². The van der Waals surface area contributed by atoms with E-state index in [9.17, 15) is 5.11 Å². The van der Waals surface area contributed by atoms with Gasteiger partial charge in [-0.3, -0.25) is 9.97 Å². The number of nitrogens with one attached hydrogen (secondary N) is 1. The van der Waals surface area contributed by atoms with E-state index in [0.29, 0.717) is 5.75 Å². The van der Waals surface area contributed by atoms with Gasteiger partial charge in [-0.1, -0.05) is 18.2 Å². The molecule has 0 spiro atoms. The fraction of sp³-hybridized carbons (Fsp3) is 0.269. The van der Waals surface area contributed by atoms with E-state index < -0.39 is 0 Å². The van der Waals surface area contributed by atoms with Crippen molar-refractivity contribution in [2.45, 2.75) is 39.0 Å². The number of aromatic nitrogens is 3. The predicted molar refractivity (Wildman–Crippen MR) is 125 cm³/mol. The van der Waals surface area contributed by atoms with Crippen molar-refractivity contribution in [3.05, 3.63) is 89.6 Å². The van der Waals surface area contributed by atoms with Crippen molar-refractivity contribution in [2.24, 2.45) is 0 Å². The molecule has 5 nitrogen and oxygen atoms in total. The Morgan fingerprint density at radius 2 is 1.65 bits per heavy atom. The minimum absolute atomic E-state index is 0.388. The summed E-state index contributed by atoms with van der Waals surface area (Å²) in [6.07, 6.45) is 12.3. The number of phenolic OH excluding ortho intramolecular Hbond substituents is 1. The quantitative estimate of drug-likeness (QED) is 0.367. The van der Waals surface area contributed by atoms with Crippen LogP contribution >= 0.6 is 0 Å². The zero-order valence-corrected chi connectivity index (χ0v) is 17.9. The SMILES string of the molecule is Cc1c(CCCCc2ccccc2O)ncc2c(NCCc3ccncc3)nccc12. The summed E-state index contributed by atoms with van der Waals surface area (Å²) in [5, 5.41) is 15.6. The molecule has 0 aliphatic rings. The molecule has 0 aliphatic heterocycles. The Morgan fingerprint density at radius 3 is 2.48 bits per heavy atom. The molecule has 2 N–H and O–H groups in total. The van der Waals surface area contributed by atoms with E-state index in [4.69, 9.17) is 4.98 Å². The molecule has 0 bridgehead atoms. The second kappa shape index (κ2) is 10.0. The van der Waals surface area contributed by atoms with Crippen molar-refractivity contribution in [1.29, 1.82) is 0 Å². The molecular formula is C26H28N4O. The zero-order valence-electron chi connectivity index (χ0n) is 17.9. The molecule has 1 aromatic carbocycles. The van der Waals surface area contributed by atoms with Crippen LogP contribution < -0.4 is 5.32 Å². The van der Waals surface area contributed by atoms with Gasteiger partial charge in [-0.15, -0.1) is 0 Å². The first kappa shape index (κ1) is 20.8. The summed E-state index contributed by atoms with van der Waals surface area (Å²) in [6, 6.07) is 13.7. The molecule has 4 rings (SSSR count). The van der Waals surface area contributed by atoms with Gasteiger partial charge >= 0.3 is 0 Å². The number of pyridine rings is 3. The number of hydrogen-bond donors (Lipinski definition) is 2. The zero-order chi connectivity index (χ0) is 21.5. The maximum atomic E-state index is 9.91. The lowest BCUT2D eigenvalue weighted by atomic mass is 10.0. The third-order valence-electron chi connectivity index (χ3n) is 5.73. The van der Waals surface area contributed by atoms with Crippen LogP contribution in [0.15, 0.2) is 67.3 Å². The molecule has 31 heavy (non-hydrogen) atoms. The fourth-order valence-corrected chi connectivity index (χ4v) is 3.92. The summed E-state index contributed by atoms with van der Waals surface area (Å²) in [4.78, 5) is 13.4. The van der Waals surface area contributed by atoms with Crippen molar-refractivity contribution in [3.63, 3.8) is 0 Å². The molecule has 0 amide bonds. The van der Waals surface area contributed by atoms with Gasteiger partial charge < -0.3 is 10.4 Å². The minimum Gasteiger partial charge on any atom is -0.508 e. The van der Waals surface area contributed by atoms with E-state index in [1.807, 2.05) is 55.1 Å². The lowest BCUT2D eigenvalue weighted by Crippen LogP contribution is -2.07. The number of phenols is 1. The van der Waals surface area contributed by atoms with Crippen LogP contribution in [0.1, 0.15) is 35.2 Å². The fourth-order valence-electron chi connectivity index (χ4n) is 3.92. The van der Waals surface area contributed by atoms with Gasteiger partial charge in [-0.05, 0) is 85.4 Å². The molecule has 4 aromatic rings. The van der Waals surface area contributed by atoms with Crippen molar-refractivity contribution in [1.82, 2.24) is 15.0 Å². The number of aryl methyl sites for hydroxylation is 3. The highest BCUT2D eigenvalue weighted by molar-refractivity contribution is 5.93. The molecule has 0 radical (unpaired) electrons. The number of rotatable bonds is 9. The van der Waals surface area contributed by atoms with E-state index in [1.165, 1.54) is 16.5 Å². The van der Waals surface area contributed by atoms with Crippen LogP contribution in [0.5, 0.6) is 5.75 Å². The van der Waals surface area contributed by atoms with Crippen LogP contribution in [0.2, 0.25) is 0 Å². The van der Waals surface area contributed by atoms with Crippen LogP contribution in [0.4, 0.5) is 5.82 Å². The average molecular weight is 413 g/mol. The molecule has 0 aliphatic carbocycles. The van der Waals surface area contributed by atoms with Gasteiger partial charge in [-0.2, -0.15) is 0 Å². The predicted octanol–water partition coefficient (Wildman–Crippen LogP) is 5.26. The Hall–Kier alpha value is -3.47. The maximum Gasteiger partial charge on any atom is 0.135 e. The van der Waals surface area contributed by atoms with Crippen molar-refractivity contribution >= 4 is 16.6 Å². The summed E-state index contributed by atoms with van der Waals surface area (Å²) >= 11 is 0. The molecule has 5 heteroatoms. The summed E-state index contributed by atoms with van der Waals surface area (Å²) in [6.45, 7) is 2.96. The molecule has 0 unspecified atom stereocenters. The number of benzene rings is 1. The Labute approximate surface area is 183 Å². The number of aromatic hydroxyl groups is 1. The summed E-state index contributed by atoms with van der Waals surface area (Å²) in [5.41, 5.74) is 4.63. The van der Waals surface area contributed by atoms with Gasteiger partial charge in [-0.25, -0.2) is 4.98 Å². The largest absolute Gasteiger partial charge is 0.508 e. The molecule has 3 heterocycles. The Balaban J connectivity index is 1.38. The van der Waals surface area contributed by atoms with Gasteiger partial charge in [0.05, 0.1) is 0 Å². The number of fused-ring (bicyclic) bond motifs is 1. The smallest absolute Gasteiger partial charge is 0.135 e. The number of unbranched alkanes of at least 4 members (excludes halogenated alkanes) is 1. The topological polar surface area (TPSA) is 70.9 Å². The Bertz CT molecular complexity index is 1140. The van der Waals surface area contributed by atoms with Crippen LogP contribution in [0.25, 0.3) is 10.8 Å². The highest BCUT2D eigenvalue weighted by atomic mass is 16.3. The lowest BCUT2D eigenvalue weighted by molar-refractivity contribution is 0.466. The molecular weight excluding hydrogens is 384 g/mol. The molecule has 3 aromatic heterocycles. The normalized spacial score (nSPS) is 11.0. The van der Waals surface area contributed by atoms with Gasteiger partial charge in [0.15, 0.2) is 0 Å². The molecule has 158 valence electrons. The first-order valence-corrected chi connectivity index (χ1v) is 10.8. The number of anilines is 1. The number of hydrogen-bond acceptors (Lipinski definition) is 5. The number of nitrogens with zero attached hydrogens (tertiary/aromatic N) is 3. The first-order chi connectivity index (χ1) is 15.2. The van der Waals surface area contributed by atoms with Gasteiger partial charge in [0.25, 0.3) is 0 Å². The van der Waals surface area contributed by atoms with Crippen LogP contribution in [0.3, 0.4) is 0 Å². The second-order valence-electron chi connectivity index (χ2n) is 7.82. The molecule has 0 saturated heterocycles. The Morgan fingerprint density at radius 1 is 0.839 bits per heavy atom. The summed E-state index contributed by atoms with van der Waals surface area (Å²) < 4.78 is 0. The molecule has 0 fully saturated rings. The van der Waals surface area contributed by atoms with Crippen LogP contribution in [-0.4, -0.2) is 26.6 Å². The monoisotopic (exact) mass is 412 g/mol. The first-order valence-electron chi connectivity index (χ1n) is 10.8. The highest BCUT2D eigenvalue weighted by Gasteiger charge is 2.09. The molecule has 0 saturated carbocycles. The van der Waals surface area contributed by atoms with Crippen molar-refractivity contribution in [2.75, 3.05) is 11.9 Å². The standard InChI is InChI=1S/C26H28N4O/c1-19-22-13-17-29-26(28-16-12-20-10-14-27-15-11-20)23(22)18-30-24(19)8-4-2-6-21-7-3-5-9-25(21)31/h3,5,7,9-11,13-15,17-18,31H,2,4,6,8,12,16H2,1H3,(H,28,29). The minimum atomic E-state index is 0.388. The third kappa shape index (κ3) is 5.18. The molecule has 0 atom stereocenters. The van der Waals surface area contributed by atoms with Crippen LogP contribution in [-0.2, 0) is 19.3 Å². The van der Waals surface area contributed by atoms with E-state index in [-0.39, 0.29) is 0 Å². The highest BCUT2D eigenvalue weighted by Crippen LogP contribution is 2.26. The number of para-hydroxylation sites is 1. The lowest BCUT2D eigenvalue weighted by Gasteiger charge is -2.12. The van der Waals surface area contributed by atoms with E-state index in [1.54, 1.807) is 6.07 Å². The van der Waals surface area contributed by atoms with Crippen molar-refractivity contribution in [3.8, 4) is 5.75 Å². The summed E-state index contributed by atoms with van der Waals surface area (Å²) in [5.74, 6) is 1.27. The maximum absolute atomic E-state index is 9.91. The van der Waals surface area contributed by atoms with Crippen LogP contribution in [0, 0.1) is 6.92 Å². The second-order valence-corrected chi connectivity index (χ2v) is 7.82. The van der Waals surface area contributed by atoms with Gasteiger partial charge in [0.2, 0.25) is 0 Å². The Kier molecular flexibility index (Phi) is 6.72. The van der Waals surface area contributed by atoms with E-state index >= 15 is 0 Å².